The third-order valence-corrected chi connectivity index (χ3v) is 6.20. The van der Waals surface area contributed by atoms with Crippen LogP contribution in [0.3, 0.4) is 0 Å². The van der Waals surface area contributed by atoms with Crippen LogP contribution < -0.4 is 0 Å². The van der Waals surface area contributed by atoms with Crippen LogP contribution in [0.25, 0.3) is 5.70 Å². The second kappa shape index (κ2) is 9.53. The van der Waals surface area contributed by atoms with Crippen molar-refractivity contribution in [1.29, 1.82) is 0 Å². The van der Waals surface area contributed by atoms with Crippen molar-refractivity contribution in [3.8, 4) is 0 Å². The summed E-state index contributed by atoms with van der Waals surface area (Å²) < 4.78 is 0. The Hall–Kier alpha value is -2.20. The van der Waals surface area contributed by atoms with Crippen LogP contribution in [0.1, 0.15) is 65.4 Å². The molecule has 1 aromatic rings. The van der Waals surface area contributed by atoms with Gasteiger partial charge in [-0.15, -0.1) is 0 Å². The van der Waals surface area contributed by atoms with Crippen molar-refractivity contribution in [2.75, 3.05) is 0 Å². The third kappa shape index (κ3) is 4.69. The number of halogens is 1. The Morgan fingerprint density at radius 3 is 2.79 bits per heavy atom. The highest BCUT2D eigenvalue weighted by Gasteiger charge is 2.31. The molecule has 2 unspecified atom stereocenters. The van der Waals surface area contributed by atoms with Crippen molar-refractivity contribution in [2.45, 2.75) is 59.8 Å². The molecule has 0 aliphatic carbocycles. The molecular formula is C24H30ClN3O. The van der Waals surface area contributed by atoms with Gasteiger partial charge in [-0.1, -0.05) is 51.6 Å². The molecule has 0 amide bonds. The summed E-state index contributed by atoms with van der Waals surface area (Å²) in [6.07, 6.45) is 14.0. The Balaban J connectivity index is 2.10. The van der Waals surface area contributed by atoms with Gasteiger partial charge in [0.25, 0.3) is 0 Å². The molecule has 5 heteroatoms. The van der Waals surface area contributed by atoms with Gasteiger partial charge in [0.1, 0.15) is 0 Å². The molecule has 0 bridgehead atoms. The van der Waals surface area contributed by atoms with Crippen LogP contribution in [0.5, 0.6) is 0 Å². The first kappa shape index (κ1) is 21.5. The summed E-state index contributed by atoms with van der Waals surface area (Å²) in [5, 5.41) is 7.06. The summed E-state index contributed by atoms with van der Waals surface area (Å²) in [6.45, 7) is 8.55. The Morgan fingerprint density at radius 2 is 2.07 bits per heavy atom. The first-order valence-corrected chi connectivity index (χ1v) is 10.9. The fourth-order valence-electron chi connectivity index (χ4n) is 3.95. The molecular weight excluding hydrogens is 382 g/mol. The van der Waals surface area contributed by atoms with Gasteiger partial charge in [0.05, 0.1) is 16.4 Å². The van der Waals surface area contributed by atoms with Crippen molar-refractivity contribution >= 4 is 29.3 Å². The molecule has 0 saturated carbocycles. The maximum atomic E-state index is 13.7. The van der Waals surface area contributed by atoms with Crippen LogP contribution in [0.15, 0.2) is 52.6 Å². The largest absolute Gasteiger partial charge is 0.294 e. The van der Waals surface area contributed by atoms with Gasteiger partial charge in [0.15, 0.2) is 5.78 Å². The summed E-state index contributed by atoms with van der Waals surface area (Å²) in [6, 6.07) is 1.87. The molecule has 2 aliphatic rings. The number of carbonyl (C=O) groups is 1. The summed E-state index contributed by atoms with van der Waals surface area (Å²) >= 11 is 6.25. The fraction of sp³-hybridized carbons (Fsp3) is 0.458. The average molecular weight is 412 g/mol. The van der Waals surface area contributed by atoms with Crippen molar-refractivity contribution in [3.63, 3.8) is 0 Å². The minimum absolute atomic E-state index is 0.0372. The molecule has 0 aromatic carbocycles. The number of carbonyl (C=O) groups excluding carboxylic acids is 1. The van der Waals surface area contributed by atoms with Crippen LogP contribution in [0.2, 0.25) is 5.02 Å². The molecule has 0 fully saturated rings. The number of fused-ring (bicyclic) bond motifs is 1. The number of ketones is 1. The number of unbranched alkanes of at least 4 members (excludes halogenated alkanes) is 1. The van der Waals surface area contributed by atoms with Crippen molar-refractivity contribution in [3.05, 3.63) is 58.0 Å². The SMILES string of the molecule is CCCCC(C)C(C)C(=O)C1=C(c2cncc(Cl)c2)N2N=CC=CC2=C(C)CC1. The molecule has 0 saturated heterocycles. The Morgan fingerprint density at radius 1 is 1.28 bits per heavy atom. The second-order valence-corrected chi connectivity index (χ2v) is 8.53. The van der Waals surface area contributed by atoms with Gasteiger partial charge in [-0.25, -0.2) is 5.01 Å². The van der Waals surface area contributed by atoms with E-state index in [1.165, 1.54) is 5.57 Å². The van der Waals surface area contributed by atoms with E-state index in [2.05, 4.69) is 43.9 Å². The monoisotopic (exact) mass is 411 g/mol. The van der Waals surface area contributed by atoms with Crippen molar-refractivity contribution in [2.24, 2.45) is 16.9 Å². The van der Waals surface area contributed by atoms with E-state index < -0.39 is 0 Å². The van der Waals surface area contributed by atoms with E-state index in [0.29, 0.717) is 17.4 Å². The zero-order chi connectivity index (χ0) is 21.0. The zero-order valence-corrected chi connectivity index (χ0v) is 18.5. The molecule has 0 spiro atoms. The second-order valence-electron chi connectivity index (χ2n) is 8.09. The van der Waals surface area contributed by atoms with E-state index in [-0.39, 0.29) is 11.7 Å². The predicted molar refractivity (Wildman–Crippen MR) is 120 cm³/mol. The predicted octanol–water partition coefficient (Wildman–Crippen LogP) is 6.40. The fourth-order valence-corrected chi connectivity index (χ4v) is 4.12. The van der Waals surface area contributed by atoms with Crippen LogP contribution in [-0.4, -0.2) is 22.0 Å². The van der Waals surface area contributed by atoms with E-state index in [9.17, 15) is 4.79 Å². The molecule has 2 aliphatic heterocycles. The number of hydrogen-bond donors (Lipinski definition) is 0. The lowest BCUT2D eigenvalue weighted by atomic mass is 9.83. The molecule has 2 atom stereocenters. The van der Waals surface area contributed by atoms with E-state index in [1.54, 1.807) is 18.6 Å². The molecule has 1 aromatic heterocycles. The van der Waals surface area contributed by atoms with E-state index >= 15 is 0 Å². The van der Waals surface area contributed by atoms with Gasteiger partial charge in [-0.2, -0.15) is 5.10 Å². The summed E-state index contributed by atoms with van der Waals surface area (Å²) in [4.78, 5) is 17.9. The quantitative estimate of drug-likeness (QED) is 0.521. The van der Waals surface area contributed by atoms with Crippen LogP contribution in [0.4, 0.5) is 0 Å². The van der Waals surface area contributed by atoms with Gasteiger partial charge in [0, 0.05) is 35.7 Å². The number of aromatic nitrogens is 1. The zero-order valence-electron chi connectivity index (χ0n) is 17.8. The number of Topliss-reactive ketones (excluding diaryl/α,β-unsaturated/α-hetero) is 1. The lowest BCUT2D eigenvalue weighted by molar-refractivity contribution is -0.120. The van der Waals surface area contributed by atoms with Crippen molar-refractivity contribution in [1.82, 2.24) is 9.99 Å². The molecule has 0 N–H and O–H groups in total. The van der Waals surface area contributed by atoms with Gasteiger partial charge >= 0.3 is 0 Å². The Kier molecular flexibility index (Phi) is 7.07. The smallest absolute Gasteiger partial charge is 0.164 e. The molecule has 154 valence electrons. The normalized spacial score (nSPS) is 18.6. The highest BCUT2D eigenvalue weighted by atomic mass is 35.5. The Labute approximate surface area is 179 Å². The standard InChI is InChI=1S/C24H30ClN3O/c1-5-6-8-16(2)18(4)24(29)21-11-10-17(3)22-9-7-12-27-28(22)23(21)19-13-20(25)15-26-14-19/h7,9,12-16,18H,5-6,8,10-11H2,1-4H3. The maximum Gasteiger partial charge on any atom is 0.164 e. The van der Waals surface area contributed by atoms with E-state index in [0.717, 1.165) is 48.2 Å². The topological polar surface area (TPSA) is 45.6 Å². The van der Waals surface area contributed by atoms with Gasteiger partial charge in [0.2, 0.25) is 0 Å². The minimum Gasteiger partial charge on any atom is -0.294 e. The average Bonchev–Trinajstić information content (AvgIpc) is 2.87. The summed E-state index contributed by atoms with van der Waals surface area (Å²) in [7, 11) is 0. The number of nitrogens with zero attached hydrogens (tertiary/aromatic N) is 3. The number of rotatable bonds is 7. The number of pyridine rings is 1. The summed E-state index contributed by atoms with van der Waals surface area (Å²) in [5.74, 6) is 0.516. The van der Waals surface area contributed by atoms with Crippen LogP contribution >= 0.6 is 11.6 Å². The third-order valence-electron chi connectivity index (χ3n) is 5.99. The minimum atomic E-state index is -0.0372. The van der Waals surface area contributed by atoms with Gasteiger partial charge < -0.3 is 0 Å². The molecule has 3 rings (SSSR count). The summed E-state index contributed by atoms with van der Waals surface area (Å²) in [5.41, 5.74) is 4.71. The van der Waals surface area contributed by atoms with Gasteiger partial charge in [-0.05, 0) is 49.5 Å². The lowest BCUT2D eigenvalue weighted by Crippen LogP contribution is -2.25. The van der Waals surface area contributed by atoms with E-state index in [1.807, 2.05) is 17.2 Å². The molecule has 0 radical (unpaired) electrons. The molecule has 4 nitrogen and oxygen atoms in total. The Bertz CT molecular complexity index is 897. The van der Waals surface area contributed by atoms with Crippen LogP contribution in [-0.2, 0) is 4.79 Å². The maximum absolute atomic E-state index is 13.7. The van der Waals surface area contributed by atoms with E-state index in [4.69, 9.17) is 11.6 Å². The highest BCUT2D eigenvalue weighted by molar-refractivity contribution is 6.30. The number of hydrogen-bond acceptors (Lipinski definition) is 4. The lowest BCUT2D eigenvalue weighted by Gasteiger charge is -2.28. The van der Waals surface area contributed by atoms with Crippen molar-refractivity contribution < 1.29 is 4.79 Å². The molecule has 29 heavy (non-hydrogen) atoms. The number of hydrazone groups is 1. The first-order valence-electron chi connectivity index (χ1n) is 10.5. The van der Waals surface area contributed by atoms with Crippen LogP contribution in [0, 0.1) is 11.8 Å². The number of allylic oxidation sites excluding steroid dienone is 4. The molecule has 3 heterocycles. The van der Waals surface area contributed by atoms with Gasteiger partial charge in [-0.3, -0.25) is 9.78 Å². The highest BCUT2D eigenvalue weighted by Crippen LogP contribution is 2.39. The first-order chi connectivity index (χ1) is 13.9.